The third kappa shape index (κ3) is 3.14. The van der Waals surface area contributed by atoms with E-state index in [1.807, 2.05) is 12.1 Å². The van der Waals surface area contributed by atoms with Crippen molar-refractivity contribution >= 4 is 23.2 Å². The highest BCUT2D eigenvalue weighted by atomic mass is 35.5. The first-order valence-corrected chi connectivity index (χ1v) is 6.25. The van der Waals surface area contributed by atoms with Crippen LogP contribution in [0.25, 0.3) is 0 Å². The predicted octanol–water partition coefficient (Wildman–Crippen LogP) is 3.62. The van der Waals surface area contributed by atoms with Gasteiger partial charge in [-0.15, -0.1) is 11.6 Å². The van der Waals surface area contributed by atoms with Crippen molar-refractivity contribution in [3.05, 3.63) is 65.5 Å². The summed E-state index contributed by atoms with van der Waals surface area (Å²) in [7, 11) is 0. The van der Waals surface area contributed by atoms with Crippen molar-refractivity contribution in [3.63, 3.8) is 0 Å². The van der Waals surface area contributed by atoms with Gasteiger partial charge in [-0.1, -0.05) is 30.3 Å². The molecule has 0 saturated heterocycles. The summed E-state index contributed by atoms with van der Waals surface area (Å²) in [6.45, 7) is 0. The molecule has 1 N–H and O–H groups in total. The molecule has 5 heteroatoms. The lowest BCUT2D eigenvalue weighted by atomic mass is 10.1. The number of rotatable bonds is 3. The summed E-state index contributed by atoms with van der Waals surface area (Å²) in [6, 6.07) is 14.2. The van der Waals surface area contributed by atoms with Crippen molar-refractivity contribution in [3.8, 4) is 6.07 Å². The molecule has 1 unspecified atom stereocenters. The number of carbonyl (C=O) groups is 1. The summed E-state index contributed by atoms with van der Waals surface area (Å²) in [5, 5.41) is 10.6. The summed E-state index contributed by atoms with van der Waals surface area (Å²) in [5.41, 5.74) is 0.933. The van der Waals surface area contributed by atoms with Crippen LogP contribution in [0.4, 0.5) is 10.1 Å². The highest BCUT2D eigenvalue weighted by Gasteiger charge is 2.18. The molecule has 0 bridgehead atoms. The van der Waals surface area contributed by atoms with Crippen molar-refractivity contribution < 1.29 is 9.18 Å². The van der Waals surface area contributed by atoms with Gasteiger partial charge in [0.1, 0.15) is 17.3 Å². The third-order valence-electron chi connectivity index (χ3n) is 2.68. The first-order chi connectivity index (χ1) is 9.61. The molecule has 0 aliphatic rings. The molecule has 1 amide bonds. The fourth-order valence-electron chi connectivity index (χ4n) is 1.69. The van der Waals surface area contributed by atoms with Gasteiger partial charge < -0.3 is 5.32 Å². The van der Waals surface area contributed by atoms with E-state index in [2.05, 4.69) is 5.32 Å². The van der Waals surface area contributed by atoms with Crippen LogP contribution in [0.5, 0.6) is 0 Å². The van der Waals surface area contributed by atoms with E-state index >= 15 is 0 Å². The number of nitrogens with one attached hydrogen (secondary N) is 1. The van der Waals surface area contributed by atoms with Gasteiger partial charge in [0.2, 0.25) is 5.91 Å². The summed E-state index contributed by atoms with van der Waals surface area (Å²) in [6.07, 6.45) is 0. The van der Waals surface area contributed by atoms with E-state index in [1.54, 1.807) is 24.3 Å². The number of halogens is 2. The molecule has 0 radical (unpaired) electrons. The lowest BCUT2D eigenvalue weighted by Gasteiger charge is -2.11. The minimum Gasteiger partial charge on any atom is -0.323 e. The number of amides is 1. The summed E-state index contributed by atoms with van der Waals surface area (Å²) in [4.78, 5) is 12.0. The van der Waals surface area contributed by atoms with Gasteiger partial charge in [-0.25, -0.2) is 4.39 Å². The largest absolute Gasteiger partial charge is 0.323 e. The number of alkyl halides is 1. The lowest BCUT2D eigenvalue weighted by Crippen LogP contribution is -2.18. The van der Waals surface area contributed by atoms with E-state index in [1.165, 1.54) is 12.1 Å². The Bertz CT molecular complexity index is 667. The van der Waals surface area contributed by atoms with Crippen molar-refractivity contribution in [1.82, 2.24) is 0 Å². The summed E-state index contributed by atoms with van der Waals surface area (Å²) >= 11 is 6.06. The number of benzene rings is 2. The average molecular weight is 289 g/mol. The minimum atomic E-state index is -0.882. The van der Waals surface area contributed by atoms with Crippen molar-refractivity contribution in [2.45, 2.75) is 5.38 Å². The number of anilines is 1. The first-order valence-electron chi connectivity index (χ1n) is 5.81. The van der Waals surface area contributed by atoms with Crippen LogP contribution < -0.4 is 5.32 Å². The number of nitriles is 1. The maximum Gasteiger partial charge on any atom is 0.247 e. The molecule has 0 fully saturated rings. The zero-order chi connectivity index (χ0) is 14.5. The van der Waals surface area contributed by atoms with Crippen molar-refractivity contribution in [1.29, 1.82) is 5.26 Å². The minimum absolute atomic E-state index is 0.0512. The van der Waals surface area contributed by atoms with Crippen LogP contribution in [0.1, 0.15) is 16.5 Å². The molecule has 0 aromatic heterocycles. The van der Waals surface area contributed by atoms with Crippen LogP contribution in [0.15, 0.2) is 48.5 Å². The van der Waals surface area contributed by atoms with E-state index in [9.17, 15) is 9.18 Å². The fraction of sp³-hybridized carbons (Fsp3) is 0.0667. The van der Waals surface area contributed by atoms with Gasteiger partial charge in [0.05, 0.1) is 11.3 Å². The van der Waals surface area contributed by atoms with Crippen LogP contribution in [0, 0.1) is 17.1 Å². The third-order valence-corrected chi connectivity index (χ3v) is 3.13. The quantitative estimate of drug-likeness (QED) is 0.877. The number of hydrogen-bond acceptors (Lipinski definition) is 2. The summed E-state index contributed by atoms with van der Waals surface area (Å²) < 4.78 is 13.0. The Labute approximate surface area is 120 Å². The van der Waals surface area contributed by atoms with Crippen LogP contribution in [-0.2, 0) is 4.79 Å². The van der Waals surface area contributed by atoms with Crippen molar-refractivity contribution in [2.75, 3.05) is 5.32 Å². The molecule has 1 atom stereocenters. The van der Waals surface area contributed by atoms with Crippen LogP contribution >= 0.6 is 11.6 Å². The molecule has 0 saturated carbocycles. The number of carbonyl (C=O) groups excluding carboxylic acids is 1. The molecule has 0 aliphatic heterocycles. The summed E-state index contributed by atoms with van der Waals surface area (Å²) in [5.74, 6) is -1.01. The SMILES string of the molecule is N#Cc1cc(F)ccc1NC(=O)C(Cl)c1ccccc1. The average Bonchev–Trinajstić information content (AvgIpc) is 2.49. The maximum absolute atomic E-state index is 13.0. The van der Waals surface area contributed by atoms with E-state index in [4.69, 9.17) is 16.9 Å². The van der Waals surface area contributed by atoms with Gasteiger partial charge in [0.15, 0.2) is 0 Å². The van der Waals surface area contributed by atoms with Crippen LogP contribution in [-0.4, -0.2) is 5.91 Å². The van der Waals surface area contributed by atoms with Gasteiger partial charge in [0, 0.05) is 0 Å². The first kappa shape index (κ1) is 14.0. The molecule has 0 heterocycles. The topological polar surface area (TPSA) is 52.9 Å². The Morgan fingerprint density at radius 1 is 1.25 bits per heavy atom. The zero-order valence-electron chi connectivity index (χ0n) is 10.3. The van der Waals surface area contributed by atoms with Crippen LogP contribution in [0.3, 0.4) is 0 Å². The molecule has 0 aliphatic carbocycles. The number of nitrogens with zero attached hydrogens (tertiary/aromatic N) is 1. The number of hydrogen-bond donors (Lipinski definition) is 1. The second-order valence-corrected chi connectivity index (χ2v) is 4.50. The molecule has 2 aromatic rings. The highest BCUT2D eigenvalue weighted by molar-refractivity contribution is 6.32. The molecular formula is C15H10ClFN2O. The second kappa shape index (κ2) is 6.18. The molecule has 2 aromatic carbocycles. The standard InChI is InChI=1S/C15H10ClFN2O/c16-14(10-4-2-1-3-5-10)15(20)19-13-7-6-12(17)8-11(13)9-18/h1-8,14H,(H,19,20). The predicted molar refractivity (Wildman–Crippen MR) is 74.8 cm³/mol. The van der Waals surface area contributed by atoms with Gasteiger partial charge in [-0.05, 0) is 23.8 Å². The zero-order valence-corrected chi connectivity index (χ0v) is 11.1. The fourth-order valence-corrected chi connectivity index (χ4v) is 1.89. The maximum atomic E-state index is 13.0. The Balaban J connectivity index is 2.19. The molecule has 2 rings (SSSR count). The Morgan fingerprint density at radius 3 is 2.60 bits per heavy atom. The molecular weight excluding hydrogens is 279 g/mol. The van der Waals surface area contributed by atoms with Crippen molar-refractivity contribution in [2.24, 2.45) is 0 Å². The van der Waals surface area contributed by atoms with Crippen LogP contribution in [0.2, 0.25) is 0 Å². The Kier molecular flexibility index (Phi) is 4.34. The smallest absolute Gasteiger partial charge is 0.247 e. The van der Waals surface area contributed by atoms with E-state index in [0.717, 1.165) is 6.07 Å². The lowest BCUT2D eigenvalue weighted by molar-refractivity contribution is -0.116. The Morgan fingerprint density at radius 2 is 1.95 bits per heavy atom. The second-order valence-electron chi connectivity index (χ2n) is 4.06. The van der Waals surface area contributed by atoms with E-state index < -0.39 is 17.1 Å². The molecule has 0 spiro atoms. The van der Waals surface area contributed by atoms with E-state index in [-0.39, 0.29) is 11.3 Å². The molecule has 100 valence electrons. The Hall–Kier alpha value is -2.38. The molecule has 3 nitrogen and oxygen atoms in total. The van der Waals surface area contributed by atoms with Gasteiger partial charge in [-0.3, -0.25) is 4.79 Å². The normalized spacial score (nSPS) is 11.4. The van der Waals surface area contributed by atoms with Gasteiger partial charge in [-0.2, -0.15) is 5.26 Å². The molecule has 20 heavy (non-hydrogen) atoms. The highest BCUT2D eigenvalue weighted by Crippen LogP contribution is 2.23. The monoisotopic (exact) mass is 288 g/mol. The van der Waals surface area contributed by atoms with Gasteiger partial charge in [0.25, 0.3) is 0 Å². The van der Waals surface area contributed by atoms with Gasteiger partial charge >= 0.3 is 0 Å². The van der Waals surface area contributed by atoms with E-state index in [0.29, 0.717) is 5.56 Å².